The topological polar surface area (TPSA) is 38.3 Å². The van der Waals surface area contributed by atoms with Crippen LogP contribution in [0.1, 0.15) is 109 Å². The van der Waals surface area contributed by atoms with E-state index in [1.165, 1.54) is 70.6 Å². The quantitative estimate of drug-likeness (QED) is 0.193. The van der Waals surface area contributed by atoms with Gasteiger partial charge in [0.25, 0.3) is 0 Å². The average Bonchev–Trinajstić information content (AvgIpc) is 2.73. The van der Waals surface area contributed by atoms with Crippen molar-refractivity contribution in [3.63, 3.8) is 0 Å². The summed E-state index contributed by atoms with van der Waals surface area (Å²) in [7, 11) is 0. The fourth-order valence-electron chi connectivity index (χ4n) is 3.64. The lowest BCUT2D eigenvalue weighted by molar-refractivity contribution is -0.116. The van der Waals surface area contributed by atoms with E-state index in [1.54, 1.807) is 0 Å². The van der Waals surface area contributed by atoms with E-state index in [4.69, 9.17) is 4.74 Å². The molecule has 1 amide bonds. The van der Waals surface area contributed by atoms with E-state index in [-0.39, 0.29) is 5.91 Å². The van der Waals surface area contributed by atoms with Gasteiger partial charge in [0.15, 0.2) is 0 Å². The van der Waals surface area contributed by atoms with E-state index >= 15 is 0 Å². The van der Waals surface area contributed by atoms with Gasteiger partial charge in [-0.25, -0.2) is 0 Å². The van der Waals surface area contributed by atoms with Gasteiger partial charge in [-0.1, -0.05) is 82.6 Å². The van der Waals surface area contributed by atoms with Gasteiger partial charge in [-0.2, -0.15) is 0 Å². The molecule has 0 aliphatic heterocycles. The molecule has 0 saturated carbocycles. The summed E-state index contributed by atoms with van der Waals surface area (Å²) < 4.78 is 5.63. The summed E-state index contributed by atoms with van der Waals surface area (Å²) >= 11 is 0. The molecule has 0 aliphatic rings. The Morgan fingerprint density at radius 1 is 0.867 bits per heavy atom. The van der Waals surface area contributed by atoms with Crippen LogP contribution in [-0.4, -0.2) is 12.5 Å². The number of para-hydroxylation sites is 1. The molecule has 1 aromatic rings. The highest BCUT2D eigenvalue weighted by molar-refractivity contribution is 5.93. The molecule has 0 atom stereocenters. The Bertz CT molecular complexity index is 595. The lowest BCUT2D eigenvalue weighted by atomic mass is 10.1. The first-order valence-electron chi connectivity index (χ1n) is 12.4. The number of hydrogen-bond acceptors (Lipinski definition) is 2. The number of anilines is 1. The summed E-state index contributed by atoms with van der Waals surface area (Å²) in [6, 6.07) is 5.87. The maximum atomic E-state index is 12.3. The van der Waals surface area contributed by atoms with Crippen LogP contribution in [0, 0.1) is 6.92 Å². The number of carbonyl (C=O) groups is 1. The van der Waals surface area contributed by atoms with Crippen molar-refractivity contribution in [2.75, 3.05) is 11.9 Å². The van der Waals surface area contributed by atoms with E-state index in [1.807, 2.05) is 32.0 Å². The van der Waals surface area contributed by atoms with Gasteiger partial charge in [-0.3, -0.25) is 4.79 Å². The molecular formula is C27H45NO2. The number of benzene rings is 1. The van der Waals surface area contributed by atoms with Crippen LogP contribution in [0.4, 0.5) is 5.69 Å². The van der Waals surface area contributed by atoms with Crippen LogP contribution in [0.2, 0.25) is 0 Å². The fraction of sp³-hybridized carbons (Fsp3) is 0.667. The average molecular weight is 416 g/mol. The van der Waals surface area contributed by atoms with Gasteiger partial charge in [-0.15, -0.1) is 0 Å². The molecule has 0 heterocycles. The van der Waals surface area contributed by atoms with Crippen LogP contribution in [-0.2, 0) is 4.79 Å². The number of unbranched alkanes of at least 4 members (excludes halogenated alkanes) is 11. The Morgan fingerprint density at radius 2 is 1.47 bits per heavy atom. The van der Waals surface area contributed by atoms with Gasteiger partial charge in [0.05, 0.1) is 12.3 Å². The first kappa shape index (κ1) is 26.3. The van der Waals surface area contributed by atoms with Gasteiger partial charge in [0, 0.05) is 6.42 Å². The number of carbonyl (C=O) groups excluding carboxylic acids is 1. The molecule has 1 N–H and O–H groups in total. The molecule has 0 saturated heterocycles. The molecule has 30 heavy (non-hydrogen) atoms. The minimum Gasteiger partial charge on any atom is -0.492 e. The molecule has 0 aliphatic carbocycles. The maximum Gasteiger partial charge on any atom is 0.224 e. The molecule has 0 unspecified atom stereocenters. The third kappa shape index (κ3) is 12.7. The highest BCUT2D eigenvalue weighted by atomic mass is 16.5. The second-order valence-electron chi connectivity index (χ2n) is 8.26. The second-order valence-corrected chi connectivity index (χ2v) is 8.26. The van der Waals surface area contributed by atoms with E-state index in [2.05, 4.69) is 24.4 Å². The standard InChI is InChI=1S/C27H45NO2/c1-4-6-7-8-9-10-11-12-13-14-15-16-17-18-19-23-26(29)28-27-24(3)21-20-22-25(27)30-5-2/h12-13,20-22H,4-11,14-19,23H2,1-3H3,(H,28,29)/b13-12+. The molecule has 3 heteroatoms. The number of nitrogens with one attached hydrogen (secondary N) is 1. The van der Waals surface area contributed by atoms with Crippen LogP contribution in [0.25, 0.3) is 0 Å². The lowest BCUT2D eigenvalue weighted by Crippen LogP contribution is -2.13. The monoisotopic (exact) mass is 415 g/mol. The zero-order chi connectivity index (χ0) is 21.9. The van der Waals surface area contributed by atoms with Gasteiger partial charge >= 0.3 is 0 Å². The number of allylic oxidation sites excluding steroid dienone is 2. The number of rotatable bonds is 18. The smallest absolute Gasteiger partial charge is 0.224 e. The van der Waals surface area contributed by atoms with E-state index in [0.717, 1.165) is 29.8 Å². The molecule has 0 spiro atoms. The molecule has 0 radical (unpaired) electrons. The van der Waals surface area contributed by atoms with Gasteiger partial charge in [0.2, 0.25) is 5.91 Å². The van der Waals surface area contributed by atoms with Crippen LogP contribution in [0.3, 0.4) is 0 Å². The third-order valence-corrected chi connectivity index (χ3v) is 5.46. The summed E-state index contributed by atoms with van der Waals surface area (Å²) in [5.74, 6) is 0.846. The number of aryl methyl sites for hydroxylation is 1. The summed E-state index contributed by atoms with van der Waals surface area (Å²) in [5.41, 5.74) is 1.86. The highest BCUT2D eigenvalue weighted by Gasteiger charge is 2.10. The summed E-state index contributed by atoms with van der Waals surface area (Å²) in [5, 5.41) is 3.04. The molecule has 1 aromatic carbocycles. The van der Waals surface area contributed by atoms with Crippen LogP contribution >= 0.6 is 0 Å². The zero-order valence-electron chi connectivity index (χ0n) is 19.8. The summed E-state index contributed by atoms with van der Waals surface area (Å²) in [4.78, 5) is 12.3. The van der Waals surface area contributed by atoms with Gasteiger partial charge < -0.3 is 10.1 Å². The van der Waals surface area contributed by atoms with Crippen molar-refractivity contribution < 1.29 is 9.53 Å². The number of ether oxygens (including phenoxy) is 1. The van der Waals surface area contributed by atoms with Crippen molar-refractivity contribution in [1.82, 2.24) is 0 Å². The van der Waals surface area contributed by atoms with E-state index in [0.29, 0.717) is 13.0 Å². The van der Waals surface area contributed by atoms with Gasteiger partial charge in [0.1, 0.15) is 5.75 Å². The molecule has 170 valence electrons. The Balaban J connectivity index is 2.02. The third-order valence-electron chi connectivity index (χ3n) is 5.46. The normalized spacial score (nSPS) is 11.2. The van der Waals surface area contributed by atoms with Crippen molar-refractivity contribution >= 4 is 11.6 Å². The van der Waals surface area contributed by atoms with Crippen LogP contribution in [0.5, 0.6) is 5.75 Å². The Hall–Kier alpha value is -1.77. The number of hydrogen-bond donors (Lipinski definition) is 1. The van der Waals surface area contributed by atoms with Crippen LogP contribution < -0.4 is 10.1 Å². The molecule has 0 fully saturated rings. The Morgan fingerprint density at radius 3 is 2.10 bits per heavy atom. The van der Waals surface area contributed by atoms with Gasteiger partial charge in [-0.05, 0) is 57.6 Å². The molecule has 3 nitrogen and oxygen atoms in total. The molecule has 0 bridgehead atoms. The Kier molecular flexibility index (Phi) is 15.8. The predicted octanol–water partition coefficient (Wildman–Crippen LogP) is 8.37. The highest BCUT2D eigenvalue weighted by Crippen LogP contribution is 2.28. The summed E-state index contributed by atoms with van der Waals surface area (Å²) in [6.45, 7) is 6.82. The maximum absolute atomic E-state index is 12.3. The lowest BCUT2D eigenvalue weighted by Gasteiger charge is -2.14. The van der Waals surface area contributed by atoms with E-state index in [9.17, 15) is 4.79 Å². The number of amides is 1. The molecule has 0 aromatic heterocycles. The minimum absolute atomic E-state index is 0.0860. The van der Waals surface area contributed by atoms with Crippen molar-refractivity contribution in [1.29, 1.82) is 0 Å². The first-order chi connectivity index (χ1) is 14.7. The van der Waals surface area contributed by atoms with Crippen molar-refractivity contribution in [2.24, 2.45) is 0 Å². The zero-order valence-corrected chi connectivity index (χ0v) is 19.8. The van der Waals surface area contributed by atoms with Crippen LogP contribution in [0.15, 0.2) is 30.4 Å². The first-order valence-corrected chi connectivity index (χ1v) is 12.4. The second kappa shape index (κ2) is 18.0. The van der Waals surface area contributed by atoms with E-state index < -0.39 is 0 Å². The molecular weight excluding hydrogens is 370 g/mol. The van der Waals surface area contributed by atoms with Crippen molar-refractivity contribution in [3.05, 3.63) is 35.9 Å². The SMILES string of the molecule is CCCCCCCC/C=C/CCCCCCCC(=O)Nc1c(C)cccc1OCC. The van der Waals surface area contributed by atoms with Crippen molar-refractivity contribution in [2.45, 2.75) is 111 Å². The summed E-state index contributed by atoms with van der Waals surface area (Å²) in [6.07, 6.45) is 21.8. The Labute approximate surface area is 185 Å². The minimum atomic E-state index is 0.0860. The predicted molar refractivity (Wildman–Crippen MR) is 130 cm³/mol. The fourth-order valence-corrected chi connectivity index (χ4v) is 3.64. The molecule has 1 rings (SSSR count). The largest absolute Gasteiger partial charge is 0.492 e. The van der Waals surface area contributed by atoms with Crippen molar-refractivity contribution in [3.8, 4) is 5.75 Å².